The van der Waals surface area contributed by atoms with Crippen LogP contribution in [-0.4, -0.2) is 77.5 Å². The second-order valence-electron chi connectivity index (χ2n) is 13.3. The average molecular weight is 831 g/mol. The fourth-order valence-electron chi connectivity index (χ4n) is 4.14. The fourth-order valence-corrected chi connectivity index (χ4v) is 6.01. The Hall–Kier alpha value is 0.259. The Labute approximate surface area is 321 Å². The maximum atomic E-state index is 11.0. The first-order valence-electron chi connectivity index (χ1n) is 18.1. The fraction of sp³-hybridized carbons (Fsp3) is 0.919. The number of rotatable bonds is 23. The molecule has 0 heterocycles. The summed E-state index contributed by atoms with van der Waals surface area (Å²) in [6.07, 6.45) is 19.6. The molecule has 3 unspecified atom stereocenters. The van der Waals surface area contributed by atoms with Crippen LogP contribution in [0.2, 0.25) is 4.44 Å². The average Bonchev–Trinajstić information content (AvgIpc) is 3.03. The summed E-state index contributed by atoms with van der Waals surface area (Å²) in [4.78, 5) is 33.0. The maximum Gasteiger partial charge on any atom is 0.318 e. The third kappa shape index (κ3) is 46.3. The molecule has 10 heteroatoms. The first-order chi connectivity index (χ1) is 22.1. The van der Waals surface area contributed by atoms with Crippen molar-refractivity contribution in [3.63, 3.8) is 0 Å². The van der Waals surface area contributed by atoms with Gasteiger partial charge in [-0.15, -0.1) is 0 Å². The van der Waals surface area contributed by atoms with Crippen LogP contribution in [0.25, 0.3) is 0 Å². The Morgan fingerprint density at radius 1 is 0.468 bits per heavy atom. The molecule has 0 aliphatic rings. The summed E-state index contributed by atoms with van der Waals surface area (Å²) in [5.41, 5.74) is 0. The van der Waals surface area contributed by atoms with Crippen molar-refractivity contribution in [1.29, 1.82) is 0 Å². The van der Waals surface area contributed by atoms with Gasteiger partial charge in [0, 0.05) is 0 Å². The molecule has 0 saturated heterocycles. The van der Waals surface area contributed by atoms with E-state index in [1.165, 1.54) is 96.4 Å². The number of thiol groups is 3. The van der Waals surface area contributed by atoms with Gasteiger partial charge in [-0.25, -0.2) is 0 Å². The molecule has 0 fully saturated rings. The van der Waals surface area contributed by atoms with Crippen molar-refractivity contribution < 1.29 is 28.6 Å². The van der Waals surface area contributed by atoms with Gasteiger partial charge in [0.15, 0.2) is 0 Å². The zero-order valence-electron chi connectivity index (χ0n) is 32.0. The van der Waals surface area contributed by atoms with Crippen LogP contribution in [0.3, 0.4) is 0 Å². The first-order valence-corrected chi connectivity index (χ1v) is 21.6. The molecule has 0 N–H and O–H groups in total. The van der Waals surface area contributed by atoms with Gasteiger partial charge in [0.25, 0.3) is 0 Å². The summed E-state index contributed by atoms with van der Waals surface area (Å²) in [5, 5.41) is -0.711. The molecule has 0 spiro atoms. The SMILES string of the molecule is CCC[CH2][Sn].COC(=O)C(S)CCCCCC(C)C.COC(=O)C(S)CCCCCC(C)C.COC(=O)C(S)CCCCCC(C)C. The third-order valence-electron chi connectivity index (χ3n) is 7.23. The topological polar surface area (TPSA) is 78.9 Å². The Morgan fingerprint density at radius 2 is 0.702 bits per heavy atom. The van der Waals surface area contributed by atoms with Crippen molar-refractivity contribution >= 4 is 78.3 Å². The van der Waals surface area contributed by atoms with Gasteiger partial charge in [-0.2, -0.15) is 37.9 Å². The molecular weight excluding hydrogens is 755 g/mol. The van der Waals surface area contributed by atoms with Crippen molar-refractivity contribution in [2.24, 2.45) is 17.8 Å². The van der Waals surface area contributed by atoms with Crippen LogP contribution in [0, 0.1) is 17.8 Å². The second-order valence-corrected chi connectivity index (χ2v) is 16.6. The molecule has 3 radical (unpaired) electrons. The second kappa shape index (κ2) is 40.7. The molecule has 0 aliphatic heterocycles. The zero-order valence-corrected chi connectivity index (χ0v) is 37.5. The molecular formula is C37H75O6S3Sn. The molecule has 0 aromatic carbocycles. The van der Waals surface area contributed by atoms with Crippen LogP contribution in [0.15, 0.2) is 0 Å². The van der Waals surface area contributed by atoms with Gasteiger partial charge < -0.3 is 14.2 Å². The number of hydrogen-bond donors (Lipinski definition) is 3. The van der Waals surface area contributed by atoms with Gasteiger partial charge in [0.2, 0.25) is 0 Å². The molecule has 6 nitrogen and oxygen atoms in total. The van der Waals surface area contributed by atoms with E-state index in [4.69, 9.17) is 0 Å². The van der Waals surface area contributed by atoms with Crippen molar-refractivity contribution in [3.05, 3.63) is 0 Å². The monoisotopic (exact) mass is 831 g/mol. The molecule has 3 atom stereocenters. The predicted octanol–water partition coefficient (Wildman–Crippen LogP) is 10.6. The van der Waals surface area contributed by atoms with E-state index in [0.717, 1.165) is 56.3 Å². The molecule has 0 amide bonds. The number of unbranched alkanes of at least 4 members (excludes halogenated alkanes) is 7. The van der Waals surface area contributed by atoms with E-state index in [-0.39, 0.29) is 33.7 Å². The van der Waals surface area contributed by atoms with E-state index in [9.17, 15) is 14.4 Å². The molecule has 0 aromatic rings. The van der Waals surface area contributed by atoms with Gasteiger partial charge in [-0.3, -0.25) is 14.4 Å². The normalized spacial score (nSPS) is 12.4. The largest absolute Gasteiger partial charge is 0.468 e. The summed E-state index contributed by atoms with van der Waals surface area (Å²) < 4.78 is 15.2. The third-order valence-corrected chi connectivity index (χ3v) is 9.64. The van der Waals surface area contributed by atoms with Crippen LogP contribution >= 0.6 is 37.9 Å². The molecule has 47 heavy (non-hydrogen) atoms. The van der Waals surface area contributed by atoms with Gasteiger partial charge in [-0.1, -0.05) is 119 Å². The zero-order chi connectivity index (χ0) is 37.0. The Bertz CT molecular complexity index is 607. The summed E-state index contributed by atoms with van der Waals surface area (Å²) >= 11 is 14.2. The van der Waals surface area contributed by atoms with Crippen molar-refractivity contribution in [2.75, 3.05) is 21.3 Å². The van der Waals surface area contributed by atoms with Crippen LogP contribution in [0.5, 0.6) is 0 Å². The van der Waals surface area contributed by atoms with Crippen LogP contribution < -0.4 is 0 Å². The number of ether oxygens (including phenoxy) is 3. The Morgan fingerprint density at radius 3 is 0.851 bits per heavy atom. The molecule has 281 valence electrons. The Balaban J connectivity index is -0.000000275. The predicted molar refractivity (Wildman–Crippen MR) is 214 cm³/mol. The first kappa shape index (κ1) is 54.0. The Kier molecular flexibility index (Phi) is 46.8. The van der Waals surface area contributed by atoms with Crippen LogP contribution in [0.4, 0.5) is 0 Å². The van der Waals surface area contributed by atoms with Crippen molar-refractivity contribution in [2.45, 2.75) is 178 Å². The van der Waals surface area contributed by atoms with Crippen LogP contribution in [0.1, 0.15) is 158 Å². The summed E-state index contributed by atoms with van der Waals surface area (Å²) in [6.45, 7) is 15.6. The molecule has 0 aromatic heterocycles. The van der Waals surface area contributed by atoms with E-state index in [2.05, 4.69) is 101 Å². The molecule has 0 aliphatic carbocycles. The van der Waals surface area contributed by atoms with E-state index in [1.807, 2.05) is 0 Å². The van der Waals surface area contributed by atoms with E-state index in [1.54, 1.807) is 22.5 Å². The minimum Gasteiger partial charge on any atom is -0.468 e. The van der Waals surface area contributed by atoms with Crippen molar-refractivity contribution in [1.82, 2.24) is 0 Å². The van der Waals surface area contributed by atoms with E-state index < -0.39 is 0 Å². The minimum atomic E-state index is -0.237. The maximum absolute atomic E-state index is 11.0. The summed E-state index contributed by atoms with van der Waals surface area (Å²) in [5.74, 6) is 1.71. The summed E-state index contributed by atoms with van der Waals surface area (Å²) in [6, 6.07) is 0. The number of methoxy groups -OCH3 is 3. The van der Waals surface area contributed by atoms with Gasteiger partial charge in [0.1, 0.15) is 0 Å². The summed E-state index contributed by atoms with van der Waals surface area (Å²) in [7, 11) is 4.22. The molecule has 0 rings (SSSR count). The number of carbonyl (C=O) groups is 3. The number of carbonyl (C=O) groups excluding carboxylic acids is 3. The van der Waals surface area contributed by atoms with E-state index in [0.29, 0.717) is 0 Å². The van der Waals surface area contributed by atoms with E-state index >= 15 is 0 Å². The minimum absolute atomic E-state index is 0.211. The smallest absolute Gasteiger partial charge is 0.318 e. The van der Waals surface area contributed by atoms with Gasteiger partial charge in [0.05, 0.1) is 37.1 Å². The number of esters is 3. The molecule has 0 bridgehead atoms. The molecule has 0 saturated carbocycles. The van der Waals surface area contributed by atoms with Crippen LogP contribution in [-0.2, 0) is 28.6 Å². The number of hydrogen-bond acceptors (Lipinski definition) is 9. The quantitative estimate of drug-likeness (QED) is 0.0313. The van der Waals surface area contributed by atoms with Gasteiger partial charge >= 0.3 is 64.6 Å². The van der Waals surface area contributed by atoms with Gasteiger partial charge in [-0.05, 0) is 37.0 Å². The standard InChI is InChI=1S/3C11H22O2S.C4H9.Sn/c3*1-9(2)7-5-4-6-8-10(14)11(12)13-3;1-3-4-2;/h3*9-10,14H,4-8H2,1-3H3;1,3-4H2,2H3;. The van der Waals surface area contributed by atoms with Crippen molar-refractivity contribution in [3.8, 4) is 0 Å².